The number of para-hydroxylation sites is 1. The first-order valence-electron chi connectivity index (χ1n) is 11.6. The molecule has 186 valence electrons. The molecule has 0 radical (unpaired) electrons. The van der Waals surface area contributed by atoms with Crippen LogP contribution in [0.25, 0.3) is 0 Å². The minimum absolute atomic E-state index is 0.0293. The molecule has 0 aliphatic carbocycles. The van der Waals surface area contributed by atoms with Gasteiger partial charge < -0.3 is 15.4 Å². The second-order valence-electron chi connectivity index (χ2n) is 8.64. The molecule has 3 aromatic rings. The van der Waals surface area contributed by atoms with Crippen molar-refractivity contribution in [2.45, 2.75) is 39.4 Å². The van der Waals surface area contributed by atoms with Crippen LogP contribution in [0.2, 0.25) is 0 Å². The van der Waals surface area contributed by atoms with Crippen molar-refractivity contribution >= 4 is 17.4 Å². The van der Waals surface area contributed by atoms with Gasteiger partial charge in [0.2, 0.25) is 0 Å². The summed E-state index contributed by atoms with van der Waals surface area (Å²) in [7, 11) is 5.48. The molecule has 0 atom stereocenters. The van der Waals surface area contributed by atoms with Crippen LogP contribution in [0, 0.1) is 0 Å². The van der Waals surface area contributed by atoms with Gasteiger partial charge in [0.1, 0.15) is 11.6 Å². The molecule has 0 aliphatic heterocycles. The maximum Gasteiger partial charge on any atom is 0.330 e. The molecule has 35 heavy (non-hydrogen) atoms. The molecule has 0 saturated carbocycles. The van der Waals surface area contributed by atoms with Crippen LogP contribution in [0.4, 0.5) is 11.5 Å². The van der Waals surface area contributed by atoms with Crippen LogP contribution >= 0.6 is 0 Å². The zero-order valence-corrected chi connectivity index (χ0v) is 20.7. The van der Waals surface area contributed by atoms with Gasteiger partial charge in [-0.1, -0.05) is 43.7 Å². The maximum absolute atomic E-state index is 13.8. The van der Waals surface area contributed by atoms with Crippen molar-refractivity contribution < 1.29 is 9.53 Å². The van der Waals surface area contributed by atoms with E-state index in [0.717, 1.165) is 18.5 Å². The molecule has 2 aromatic carbocycles. The van der Waals surface area contributed by atoms with Crippen molar-refractivity contribution in [3.8, 4) is 5.75 Å². The van der Waals surface area contributed by atoms with Gasteiger partial charge in [-0.05, 0) is 44.3 Å². The molecule has 1 aromatic heterocycles. The summed E-state index contributed by atoms with van der Waals surface area (Å²) in [6.07, 6.45) is 1.53. The summed E-state index contributed by atoms with van der Waals surface area (Å²) in [5.74, 6) is 0.116. The number of aromatic amines is 1. The summed E-state index contributed by atoms with van der Waals surface area (Å²) >= 11 is 0. The van der Waals surface area contributed by atoms with Gasteiger partial charge in [-0.15, -0.1) is 0 Å². The fourth-order valence-corrected chi connectivity index (χ4v) is 3.91. The number of hydrogen-bond donors (Lipinski definition) is 2. The Labute approximate surface area is 204 Å². The van der Waals surface area contributed by atoms with Gasteiger partial charge in [0.05, 0.1) is 13.7 Å². The quantitative estimate of drug-likeness (QED) is 0.462. The van der Waals surface area contributed by atoms with Gasteiger partial charge in [0.25, 0.3) is 11.5 Å². The van der Waals surface area contributed by atoms with Gasteiger partial charge in [-0.2, -0.15) is 0 Å². The van der Waals surface area contributed by atoms with E-state index in [2.05, 4.69) is 4.98 Å². The van der Waals surface area contributed by atoms with E-state index in [9.17, 15) is 14.4 Å². The van der Waals surface area contributed by atoms with Crippen molar-refractivity contribution in [2.75, 3.05) is 31.8 Å². The number of nitrogens with two attached hydrogens (primary N) is 1. The number of nitrogens with zero attached hydrogens (tertiary/aromatic N) is 3. The Kier molecular flexibility index (Phi) is 8.48. The fourth-order valence-electron chi connectivity index (χ4n) is 3.91. The second kappa shape index (κ2) is 11.5. The third kappa shape index (κ3) is 5.99. The van der Waals surface area contributed by atoms with Gasteiger partial charge in [-0.3, -0.25) is 24.0 Å². The highest BCUT2D eigenvalue weighted by atomic mass is 16.5. The van der Waals surface area contributed by atoms with E-state index < -0.39 is 17.2 Å². The predicted molar refractivity (Wildman–Crippen MR) is 138 cm³/mol. The summed E-state index contributed by atoms with van der Waals surface area (Å²) < 4.78 is 6.77. The first-order valence-corrected chi connectivity index (χ1v) is 11.6. The molecule has 0 aliphatic rings. The first-order chi connectivity index (χ1) is 16.8. The standard InChI is InChI=1S/C26H33N5O4/c1-5-6-15-30-23(27)22(24(32)28-26(30)34)31(17-20-9-7-8-10-21(20)35-4)25(33)19-13-11-18(12-14-19)16-29(2)3/h7-14H,5-6,15-17,27H2,1-4H3,(H,28,32,34). The summed E-state index contributed by atoms with van der Waals surface area (Å²) in [4.78, 5) is 44.9. The number of carbonyl (C=O) groups is 1. The van der Waals surface area contributed by atoms with Crippen molar-refractivity contribution in [3.05, 3.63) is 86.1 Å². The highest BCUT2D eigenvalue weighted by Gasteiger charge is 2.26. The van der Waals surface area contributed by atoms with E-state index in [1.165, 1.54) is 9.47 Å². The molecule has 0 bridgehead atoms. The maximum atomic E-state index is 13.8. The Balaban J connectivity index is 2.13. The molecule has 0 unspecified atom stereocenters. The summed E-state index contributed by atoms with van der Waals surface area (Å²) in [6.45, 7) is 3.09. The highest BCUT2D eigenvalue weighted by molar-refractivity contribution is 6.07. The second-order valence-corrected chi connectivity index (χ2v) is 8.64. The van der Waals surface area contributed by atoms with Crippen LogP contribution in [0.3, 0.4) is 0 Å². The van der Waals surface area contributed by atoms with Crippen molar-refractivity contribution in [1.82, 2.24) is 14.5 Å². The number of amides is 1. The van der Waals surface area contributed by atoms with E-state index in [1.807, 2.05) is 56.3 Å². The molecule has 1 heterocycles. The molecule has 9 nitrogen and oxygen atoms in total. The van der Waals surface area contributed by atoms with Gasteiger partial charge in [0, 0.05) is 24.2 Å². The number of carbonyl (C=O) groups excluding carboxylic acids is 1. The van der Waals surface area contributed by atoms with Gasteiger partial charge >= 0.3 is 5.69 Å². The third-order valence-corrected chi connectivity index (χ3v) is 5.69. The Morgan fingerprint density at radius 2 is 1.74 bits per heavy atom. The molecule has 9 heteroatoms. The molecular formula is C26H33N5O4. The SMILES string of the molecule is CCCCn1c(N)c(N(Cc2ccccc2OC)C(=O)c2ccc(CN(C)C)cc2)c(=O)[nH]c1=O. The average Bonchev–Trinajstić information content (AvgIpc) is 2.83. The smallest absolute Gasteiger partial charge is 0.330 e. The third-order valence-electron chi connectivity index (χ3n) is 5.69. The number of methoxy groups -OCH3 is 1. The number of nitrogens with one attached hydrogen (secondary N) is 1. The number of H-pyrrole nitrogens is 1. The van der Waals surface area contributed by atoms with Gasteiger partial charge in [0.15, 0.2) is 5.69 Å². The Bertz CT molecular complexity index is 1280. The number of unbranched alkanes of at least 4 members (excludes halogenated alkanes) is 1. The Morgan fingerprint density at radius 1 is 1.06 bits per heavy atom. The van der Waals surface area contributed by atoms with Crippen LogP contribution in [-0.4, -0.2) is 41.6 Å². The van der Waals surface area contributed by atoms with Crippen LogP contribution in [0.5, 0.6) is 5.75 Å². The van der Waals surface area contributed by atoms with E-state index in [0.29, 0.717) is 29.8 Å². The van der Waals surface area contributed by atoms with Crippen LogP contribution in [0.15, 0.2) is 58.1 Å². The Morgan fingerprint density at radius 3 is 2.37 bits per heavy atom. The zero-order valence-electron chi connectivity index (χ0n) is 20.7. The molecule has 0 saturated heterocycles. The average molecular weight is 480 g/mol. The molecule has 0 spiro atoms. The lowest BCUT2D eigenvalue weighted by atomic mass is 10.1. The monoisotopic (exact) mass is 479 g/mol. The minimum Gasteiger partial charge on any atom is -0.496 e. The summed E-state index contributed by atoms with van der Waals surface area (Å²) in [5, 5.41) is 0. The number of anilines is 2. The number of aromatic nitrogens is 2. The van der Waals surface area contributed by atoms with Gasteiger partial charge in [-0.25, -0.2) is 4.79 Å². The minimum atomic E-state index is -0.715. The first kappa shape index (κ1) is 25.8. The number of ether oxygens (including phenoxy) is 1. The number of benzene rings is 2. The highest BCUT2D eigenvalue weighted by Crippen LogP contribution is 2.26. The summed E-state index contributed by atoms with van der Waals surface area (Å²) in [6, 6.07) is 14.5. The van der Waals surface area contributed by atoms with E-state index in [1.54, 1.807) is 25.3 Å². The van der Waals surface area contributed by atoms with Crippen LogP contribution in [-0.2, 0) is 19.6 Å². The molecule has 0 fully saturated rings. The fraction of sp³-hybridized carbons (Fsp3) is 0.346. The number of nitrogen functional groups attached to an aromatic ring is 1. The molecule has 3 rings (SSSR count). The van der Waals surface area contributed by atoms with Crippen LogP contribution < -0.4 is 26.6 Å². The van der Waals surface area contributed by atoms with E-state index in [-0.39, 0.29) is 18.1 Å². The lowest BCUT2D eigenvalue weighted by Gasteiger charge is -2.25. The van der Waals surface area contributed by atoms with Crippen molar-refractivity contribution in [2.24, 2.45) is 0 Å². The molecule has 3 N–H and O–H groups in total. The van der Waals surface area contributed by atoms with E-state index >= 15 is 0 Å². The van der Waals surface area contributed by atoms with E-state index in [4.69, 9.17) is 10.5 Å². The molecule has 1 amide bonds. The summed E-state index contributed by atoms with van der Waals surface area (Å²) in [5.41, 5.74) is 7.12. The topological polar surface area (TPSA) is 114 Å². The molecular weight excluding hydrogens is 446 g/mol. The lowest BCUT2D eigenvalue weighted by Crippen LogP contribution is -2.41. The Hall–Kier alpha value is -3.85. The largest absolute Gasteiger partial charge is 0.496 e. The normalized spacial score (nSPS) is 11.0. The zero-order chi connectivity index (χ0) is 25.5. The van der Waals surface area contributed by atoms with Crippen molar-refractivity contribution in [1.29, 1.82) is 0 Å². The lowest BCUT2D eigenvalue weighted by molar-refractivity contribution is 0.0984. The van der Waals surface area contributed by atoms with Crippen LogP contribution in [0.1, 0.15) is 41.3 Å². The van der Waals surface area contributed by atoms with Crippen molar-refractivity contribution in [3.63, 3.8) is 0 Å². The number of rotatable bonds is 10. The predicted octanol–water partition coefficient (Wildman–Crippen LogP) is 2.84. The number of hydrogen-bond acceptors (Lipinski definition) is 6.